The van der Waals surface area contributed by atoms with Crippen LogP contribution in [0.3, 0.4) is 0 Å². The van der Waals surface area contributed by atoms with Crippen LogP contribution in [0.2, 0.25) is 0 Å². The van der Waals surface area contributed by atoms with Crippen LogP contribution in [0.15, 0.2) is 10.5 Å². The molecule has 0 atom stereocenters. The van der Waals surface area contributed by atoms with E-state index in [0.29, 0.717) is 34.4 Å². The molecular weight excluding hydrogens is 262 g/mol. The topological polar surface area (TPSA) is 72.6 Å². The number of phenolic OH excluding ortho intramolecular Hbond substituents is 1. The van der Waals surface area contributed by atoms with Gasteiger partial charge in [-0.3, -0.25) is 4.79 Å². The van der Waals surface area contributed by atoms with Crippen LogP contribution in [0, 0.1) is 0 Å². The van der Waals surface area contributed by atoms with Gasteiger partial charge in [-0.15, -0.1) is 0 Å². The molecule has 0 saturated heterocycles. The molecule has 15 heavy (non-hydrogen) atoms. The number of phenols is 1. The molecule has 3 N–H and O–H groups in total. The summed E-state index contributed by atoms with van der Waals surface area (Å²) in [5, 5.41) is 9.72. The van der Waals surface area contributed by atoms with Gasteiger partial charge in [-0.1, -0.05) is 0 Å². The predicted molar refractivity (Wildman–Crippen MR) is 58.1 cm³/mol. The largest absolute Gasteiger partial charge is 0.506 e. The highest BCUT2D eigenvalue weighted by atomic mass is 79.9. The highest BCUT2D eigenvalue weighted by Crippen LogP contribution is 2.41. The van der Waals surface area contributed by atoms with Crippen molar-refractivity contribution in [1.82, 2.24) is 0 Å². The standard InChI is InChI=1S/C10H10BrNO3/c11-8-9(14)5(4-12)3-6-7(13)1-2-15-10(6)8/h3,14H,1-2,4,12H2. The van der Waals surface area contributed by atoms with Crippen molar-refractivity contribution in [3.05, 3.63) is 21.7 Å². The van der Waals surface area contributed by atoms with Gasteiger partial charge in [-0.05, 0) is 22.0 Å². The Labute approximate surface area is 95.2 Å². The van der Waals surface area contributed by atoms with E-state index in [9.17, 15) is 9.90 Å². The molecule has 0 bridgehead atoms. The van der Waals surface area contributed by atoms with Gasteiger partial charge in [0.2, 0.25) is 0 Å². The molecule has 0 radical (unpaired) electrons. The second-order valence-corrected chi connectivity index (χ2v) is 4.09. The van der Waals surface area contributed by atoms with Crippen molar-refractivity contribution in [1.29, 1.82) is 0 Å². The Morgan fingerprint density at radius 1 is 1.60 bits per heavy atom. The van der Waals surface area contributed by atoms with Crippen molar-refractivity contribution in [3.8, 4) is 11.5 Å². The third kappa shape index (κ3) is 1.61. The van der Waals surface area contributed by atoms with Crippen LogP contribution in [-0.4, -0.2) is 17.5 Å². The van der Waals surface area contributed by atoms with Gasteiger partial charge in [0, 0.05) is 18.5 Å². The minimum atomic E-state index is 0.0200. The molecule has 80 valence electrons. The Balaban J connectivity index is 2.66. The zero-order valence-corrected chi connectivity index (χ0v) is 9.50. The summed E-state index contributed by atoms with van der Waals surface area (Å²) in [7, 11) is 0. The molecule has 0 unspecified atom stereocenters. The molecule has 1 aliphatic rings. The number of nitrogens with two attached hydrogens (primary N) is 1. The zero-order valence-electron chi connectivity index (χ0n) is 7.92. The molecule has 0 spiro atoms. The van der Waals surface area contributed by atoms with Crippen molar-refractivity contribution >= 4 is 21.7 Å². The Hall–Kier alpha value is -1.07. The van der Waals surface area contributed by atoms with Gasteiger partial charge < -0.3 is 15.6 Å². The molecule has 0 fully saturated rings. The van der Waals surface area contributed by atoms with E-state index in [1.54, 1.807) is 6.07 Å². The molecular formula is C10H10BrNO3. The number of aromatic hydroxyl groups is 1. The first-order valence-electron chi connectivity index (χ1n) is 4.55. The van der Waals surface area contributed by atoms with Crippen molar-refractivity contribution in [2.24, 2.45) is 5.73 Å². The van der Waals surface area contributed by atoms with Crippen LogP contribution in [0.4, 0.5) is 0 Å². The molecule has 0 amide bonds. The summed E-state index contributed by atoms with van der Waals surface area (Å²) in [5.41, 5.74) is 6.50. The van der Waals surface area contributed by atoms with E-state index in [-0.39, 0.29) is 18.1 Å². The fourth-order valence-corrected chi connectivity index (χ4v) is 2.14. The van der Waals surface area contributed by atoms with Crippen molar-refractivity contribution in [2.75, 3.05) is 6.61 Å². The van der Waals surface area contributed by atoms with Gasteiger partial charge in [0.15, 0.2) is 5.78 Å². The molecule has 2 rings (SSSR count). The minimum absolute atomic E-state index is 0.0200. The second kappa shape index (κ2) is 3.83. The highest BCUT2D eigenvalue weighted by Gasteiger charge is 2.24. The number of hydrogen-bond donors (Lipinski definition) is 2. The Kier molecular flexibility index (Phi) is 2.67. The first kappa shape index (κ1) is 10.4. The Bertz CT molecular complexity index is 431. The lowest BCUT2D eigenvalue weighted by molar-refractivity contribution is 0.0932. The quantitative estimate of drug-likeness (QED) is 0.814. The van der Waals surface area contributed by atoms with Crippen molar-refractivity contribution in [3.63, 3.8) is 0 Å². The van der Waals surface area contributed by atoms with E-state index in [4.69, 9.17) is 10.5 Å². The van der Waals surface area contributed by atoms with Gasteiger partial charge in [0.05, 0.1) is 12.2 Å². The molecule has 0 saturated carbocycles. The van der Waals surface area contributed by atoms with E-state index >= 15 is 0 Å². The summed E-state index contributed by atoms with van der Waals surface area (Å²) < 4.78 is 5.75. The van der Waals surface area contributed by atoms with Crippen LogP contribution in [0.1, 0.15) is 22.3 Å². The lowest BCUT2D eigenvalue weighted by Gasteiger charge is -2.19. The zero-order chi connectivity index (χ0) is 11.0. The van der Waals surface area contributed by atoms with Crippen LogP contribution in [0.25, 0.3) is 0 Å². The summed E-state index contributed by atoms with van der Waals surface area (Å²) in [5.74, 6) is 0.485. The first-order chi connectivity index (χ1) is 7.15. The number of rotatable bonds is 1. The third-order valence-corrected chi connectivity index (χ3v) is 3.11. The van der Waals surface area contributed by atoms with E-state index in [1.807, 2.05) is 0 Å². The summed E-state index contributed by atoms with van der Waals surface area (Å²) in [6.45, 7) is 0.539. The lowest BCUT2D eigenvalue weighted by Crippen LogP contribution is -2.16. The fraction of sp³-hybridized carbons (Fsp3) is 0.300. The number of hydrogen-bond acceptors (Lipinski definition) is 4. The summed E-state index contributed by atoms with van der Waals surface area (Å²) in [4.78, 5) is 11.6. The van der Waals surface area contributed by atoms with Gasteiger partial charge in [-0.25, -0.2) is 0 Å². The number of benzene rings is 1. The maximum Gasteiger partial charge on any atom is 0.170 e. The average molecular weight is 272 g/mol. The molecule has 1 aliphatic heterocycles. The number of Topliss-reactive ketones (excluding diaryl/α,β-unsaturated/α-hetero) is 1. The van der Waals surface area contributed by atoms with E-state index in [1.165, 1.54) is 0 Å². The van der Waals surface area contributed by atoms with Gasteiger partial charge in [0.25, 0.3) is 0 Å². The number of ether oxygens (including phenoxy) is 1. The fourth-order valence-electron chi connectivity index (χ4n) is 1.56. The SMILES string of the molecule is NCc1cc2c(c(Br)c1O)OCCC2=O. The number of halogens is 1. The number of carbonyl (C=O) groups is 1. The molecule has 0 aromatic heterocycles. The third-order valence-electron chi connectivity index (χ3n) is 2.37. The monoisotopic (exact) mass is 271 g/mol. The number of carbonyl (C=O) groups excluding carboxylic acids is 1. The maximum absolute atomic E-state index is 11.6. The molecule has 1 heterocycles. The van der Waals surface area contributed by atoms with Gasteiger partial charge in [-0.2, -0.15) is 0 Å². The normalized spacial score (nSPS) is 14.7. The smallest absolute Gasteiger partial charge is 0.170 e. The summed E-state index contributed by atoms with van der Waals surface area (Å²) in [6, 6.07) is 1.59. The van der Waals surface area contributed by atoms with Crippen molar-refractivity contribution in [2.45, 2.75) is 13.0 Å². The van der Waals surface area contributed by atoms with Crippen LogP contribution < -0.4 is 10.5 Å². The van der Waals surface area contributed by atoms with E-state index < -0.39 is 0 Å². The first-order valence-corrected chi connectivity index (χ1v) is 5.35. The van der Waals surface area contributed by atoms with Gasteiger partial charge in [0.1, 0.15) is 16.0 Å². The van der Waals surface area contributed by atoms with E-state index in [0.717, 1.165) is 0 Å². The number of fused-ring (bicyclic) bond motifs is 1. The highest BCUT2D eigenvalue weighted by molar-refractivity contribution is 9.10. The molecule has 1 aromatic carbocycles. The molecule has 4 nitrogen and oxygen atoms in total. The summed E-state index contributed by atoms with van der Waals surface area (Å²) >= 11 is 3.20. The van der Waals surface area contributed by atoms with E-state index in [2.05, 4.69) is 15.9 Å². The van der Waals surface area contributed by atoms with Crippen LogP contribution in [-0.2, 0) is 6.54 Å². The molecule has 0 aliphatic carbocycles. The Morgan fingerprint density at radius 2 is 2.33 bits per heavy atom. The predicted octanol–water partition coefficient (Wildman–Crippen LogP) is 1.58. The number of ketones is 1. The molecule has 5 heteroatoms. The molecule has 1 aromatic rings. The van der Waals surface area contributed by atoms with Crippen LogP contribution in [0.5, 0.6) is 11.5 Å². The van der Waals surface area contributed by atoms with Gasteiger partial charge >= 0.3 is 0 Å². The average Bonchev–Trinajstić information content (AvgIpc) is 2.24. The van der Waals surface area contributed by atoms with Crippen molar-refractivity contribution < 1.29 is 14.6 Å². The maximum atomic E-state index is 11.6. The second-order valence-electron chi connectivity index (χ2n) is 3.30. The lowest BCUT2D eigenvalue weighted by atomic mass is 10.0. The minimum Gasteiger partial charge on any atom is -0.506 e. The Morgan fingerprint density at radius 3 is 3.00 bits per heavy atom. The van der Waals surface area contributed by atoms with Crippen LogP contribution >= 0.6 is 15.9 Å². The summed E-state index contributed by atoms with van der Waals surface area (Å²) in [6.07, 6.45) is 0.369.